The van der Waals surface area contributed by atoms with E-state index in [0.717, 1.165) is 25.7 Å². The quantitative estimate of drug-likeness (QED) is 0.0456. The van der Waals surface area contributed by atoms with Crippen LogP contribution >= 0.6 is 17.0 Å². The van der Waals surface area contributed by atoms with Crippen molar-refractivity contribution in [2.45, 2.75) is 207 Å². The molecular weight excluding hydrogens is 582 g/mol. The second kappa shape index (κ2) is 29.1. The van der Waals surface area contributed by atoms with E-state index in [-0.39, 0.29) is 23.0 Å². The molecule has 4 heteroatoms. The van der Waals surface area contributed by atoms with Crippen LogP contribution in [0.15, 0.2) is 24.3 Å². The Morgan fingerprint density at radius 2 is 1.12 bits per heavy atom. The van der Waals surface area contributed by atoms with Crippen LogP contribution in [0.1, 0.15) is 190 Å². The van der Waals surface area contributed by atoms with Crippen molar-refractivity contribution in [1.82, 2.24) is 4.90 Å². The van der Waals surface area contributed by atoms with Crippen LogP contribution in [-0.2, 0) is 9.53 Å². The fourth-order valence-electron chi connectivity index (χ4n) is 5.86. The zero-order chi connectivity index (χ0) is 30.8. The minimum Gasteiger partial charge on any atom is -0.454 e. The van der Waals surface area contributed by atoms with Crippen molar-refractivity contribution in [2.75, 3.05) is 6.54 Å². The molecule has 0 aromatic carbocycles. The second-order valence-corrected chi connectivity index (χ2v) is 13.4. The molecule has 0 aromatic heterocycles. The molecule has 0 spiro atoms. The lowest BCUT2D eigenvalue weighted by Crippen LogP contribution is -2.45. The molecule has 3 unspecified atom stereocenters. The molecule has 0 rings (SSSR count). The molecule has 0 aromatic rings. The molecule has 0 heterocycles. The van der Waals surface area contributed by atoms with Gasteiger partial charge in [0.1, 0.15) is 5.60 Å². The predicted octanol–water partition coefficient (Wildman–Crippen LogP) is 12.7. The number of esters is 1. The summed E-state index contributed by atoms with van der Waals surface area (Å²) in [6.07, 6.45) is 32.3. The van der Waals surface area contributed by atoms with Crippen LogP contribution in [0, 0.1) is 0 Å². The van der Waals surface area contributed by atoms with E-state index in [2.05, 4.69) is 59.1 Å². The molecule has 0 aliphatic carbocycles. The van der Waals surface area contributed by atoms with Gasteiger partial charge in [-0.05, 0) is 66.4 Å². The van der Waals surface area contributed by atoms with Crippen molar-refractivity contribution in [2.24, 2.45) is 0 Å². The summed E-state index contributed by atoms with van der Waals surface area (Å²) in [7, 11) is 0. The number of hydrogen-bond acceptors (Lipinski definition) is 3. The number of nitrogens with zero attached hydrogens (tertiary/aromatic N) is 1. The third-order valence-corrected chi connectivity index (χ3v) is 8.87. The molecule has 0 saturated carbocycles. The largest absolute Gasteiger partial charge is 0.454 e. The standard InChI is InChI=1S/C38H73NO2.BrH/c1-9-12-14-16-18-20-22-24-26-30-35(6)39(36(7)31-27-25-23-21-19-17-15-13-10-2)33-37(40)41-38(8,11-3)32-28-29-34(4)5;/h11,29,35-36H,3,9-10,12-28,30-33H2,1-2,4-8H3;1H. The zero-order valence-corrected chi connectivity index (χ0v) is 31.2. The van der Waals surface area contributed by atoms with Gasteiger partial charge >= 0.3 is 5.97 Å². The van der Waals surface area contributed by atoms with Crippen LogP contribution in [0.3, 0.4) is 0 Å². The SMILES string of the molecule is Br.C=CC(C)(CCC=C(C)C)OC(=O)CN(C(C)CCCCCCCCCCC)C(C)CCCCCCCCCCC. The Morgan fingerprint density at radius 1 is 0.738 bits per heavy atom. The Hall–Kier alpha value is -0.610. The van der Waals surface area contributed by atoms with E-state index in [1.165, 1.54) is 121 Å². The summed E-state index contributed by atoms with van der Waals surface area (Å²) in [6.45, 7) is 19.8. The first-order valence-corrected chi connectivity index (χ1v) is 17.9. The van der Waals surface area contributed by atoms with Crippen LogP contribution in [0.2, 0.25) is 0 Å². The lowest BCUT2D eigenvalue weighted by atomic mass is 9.99. The van der Waals surface area contributed by atoms with E-state index in [1.54, 1.807) is 0 Å². The number of halogens is 1. The number of allylic oxidation sites excluding steroid dienone is 2. The van der Waals surface area contributed by atoms with Gasteiger partial charge in [0.15, 0.2) is 0 Å². The zero-order valence-electron chi connectivity index (χ0n) is 29.5. The lowest BCUT2D eigenvalue weighted by Gasteiger charge is -2.35. The Balaban J connectivity index is 0. The summed E-state index contributed by atoms with van der Waals surface area (Å²) in [5.41, 5.74) is 0.680. The number of unbranched alkanes of at least 4 members (excludes halogenated alkanes) is 16. The summed E-state index contributed by atoms with van der Waals surface area (Å²) in [6, 6.07) is 0.780. The highest BCUT2D eigenvalue weighted by Crippen LogP contribution is 2.23. The first kappa shape index (κ1) is 43.5. The van der Waals surface area contributed by atoms with Gasteiger partial charge in [-0.3, -0.25) is 9.69 Å². The third-order valence-electron chi connectivity index (χ3n) is 8.87. The van der Waals surface area contributed by atoms with Gasteiger partial charge in [-0.2, -0.15) is 0 Å². The van der Waals surface area contributed by atoms with E-state index >= 15 is 0 Å². The summed E-state index contributed by atoms with van der Waals surface area (Å²) in [4.78, 5) is 15.7. The van der Waals surface area contributed by atoms with E-state index in [1.807, 2.05) is 13.0 Å². The van der Waals surface area contributed by atoms with Crippen LogP contribution in [0.5, 0.6) is 0 Å². The molecule has 3 atom stereocenters. The first-order valence-electron chi connectivity index (χ1n) is 17.9. The molecule has 0 N–H and O–H groups in total. The van der Waals surface area contributed by atoms with Crippen molar-refractivity contribution in [3.05, 3.63) is 24.3 Å². The molecule has 0 bridgehead atoms. The Kier molecular flexibility index (Phi) is 30.2. The number of hydrogen-bond donors (Lipinski definition) is 0. The summed E-state index contributed by atoms with van der Waals surface area (Å²) >= 11 is 0. The molecule has 0 fully saturated rings. The highest BCUT2D eigenvalue weighted by atomic mass is 79.9. The molecule has 0 radical (unpaired) electrons. The molecule has 42 heavy (non-hydrogen) atoms. The number of carbonyl (C=O) groups excluding carboxylic acids is 1. The lowest BCUT2D eigenvalue weighted by molar-refractivity contribution is -0.157. The molecule has 0 amide bonds. The summed E-state index contributed by atoms with van der Waals surface area (Å²) in [5.74, 6) is -0.109. The van der Waals surface area contributed by atoms with Crippen LogP contribution < -0.4 is 0 Å². The summed E-state index contributed by atoms with van der Waals surface area (Å²) in [5, 5.41) is 0. The van der Waals surface area contributed by atoms with Gasteiger partial charge in [-0.1, -0.05) is 148 Å². The highest BCUT2D eigenvalue weighted by molar-refractivity contribution is 8.93. The van der Waals surface area contributed by atoms with Crippen molar-refractivity contribution in [1.29, 1.82) is 0 Å². The summed E-state index contributed by atoms with van der Waals surface area (Å²) < 4.78 is 6.07. The van der Waals surface area contributed by atoms with Crippen LogP contribution in [0.25, 0.3) is 0 Å². The Bertz CT molecular complexity index is 631. The number of ether oxygens (including phenoxy) is 1. The van der Waals surface area contributed by atoms with Gasteiger partial charge < -0.3 is 4.74 Å². The second-order valence-electron chi connectivity index (χ2n) is 13.4. The Labute approximate surface area is 274 Å². The predicted molar refractivity (Wildman–Crippen MR) is 193 cm³/mol. The molecule has 0 saturated heterocycles. The number of carbonyl (C=O) groups is 1. The van der Waals surface area contributed by atoms with Gasteiger partial charge in [0, 0.05) is 12.1 Å². The van der Waals surface area contributed by atoms with Crippen molar-refractivity contribution in [3.63, 3.8) is 0 Å². The van der Waals surface area contributed by atoms with E-state index in [0.29, 0.717) is 18.6 Å². The number of rotatable bonds is 29. The molecule has 0 aliphatic rings. The van der Waals surface area contributed by atoms with Crippen molar-refractivity contribution < 1.29 is 9.53 Å². The fraction of sp³-hybridized carbons (Fsp3) is 0.868. The average molecular weight is 657 g/mol. The normalized spacial score (nSPS) is 14.1. The van der Waals surface area contributed by atoms with Gasteiger partial charge in [-0.25, -0.2) is 0 Å². The van der Waals surface area contributed by atoms with Crippen LogP contribution in [0.4, 0.5) is 0 Å². The van der Waals surface area contributed by atoms with Gasteiger partial charge in [0.05, 0.1) is 6.54 Å². The highest BCUT2D eigenvalue weighted by Gasteiger charge is 2.28. The minimum atomic E-state index is -0.616. The minimum absolute atomic E-state index is 0. The maximum Gasteiger partial charge on any atom is 0.321 e. The topological polar surface area (TPSA) is 29.5 Å². The maximum absolute atomic E-state index is 13.3. The van der Waals surface area contributed by atoms with Crippen LogP contribution in [-0.4, -0.2) is 35.1 Å². The molecule has 3 nitrogen and oxygen atoms in total. The monoisotopic (exact) mass is 655 g/mol. The molecule has 250 valence electrons. The average Bonchev–Trinajstić information content (AvgIpc) is 2.93. The van der Waals surface area contributed by atoms with Gasteiger partial charge in [-0.15, -0.1) is 17.0 Å². The fourth-order valence-corrected chi connectivity index (χ4v) is 5.86. The molecular formula is C38H74BrNO2. The third kappa shape index (κ3) is 24.8. The van der Waals surface area contributed by atoms with Crippen molar-refractivity contribution >= 4 is 23.0 Å². The first-order chi connectivity index (χ1) is 19.7. The van der Waals surface area contributed by atoms with E-state index in [4.69, 9.17) is 4.74 Å². The molecule has 0 aliphatic heterocycles. The smallest absolute Gasteiger partial charge is 0.321 e. The maximum atomic E-state index is 13.3. The van der Waals surface area contributed by atoms with E-state index in [9.17, 15) is 4.79 Å². The van der Waals surface area contributed by atoms with E-state index < -0.39 is 5.60 Å². The van der Waals surface area contributed by atoms with Crippen molar-refractivity contribution in [3.8, 4) is 0 Å². The van der Waals surface area contributed by atoms with Gasteiger partial charge in [0.25, 0.3) is 0 Å². The van der Waals surface area contributed by atoms with Gasteiger partial charge in [0.2, 0.25) is 0 Å². The Morgan fingerprint density at radius 3 is 1.48 bits per heavy atom.